The molecular weight excluding hydrogens is 308 g/mol. The third-order valence-electron chi connectivity index (χ3n) is 4.20. The molecule has 1 aliphatic heterocycles. The zero-order valence-electron chi connectivity index (χ0n) is 14.0. The van der Waals surface area contributed by atoms with Crippen molar-refractivity contribution in [2.45, 2.75) is 39.3 Å². The fourth-order valence-corrected chi connectivity index (χ4v) is 2.83. The Kier molecular flexibility index (Phi) is 5.14. The summed E-state index contributed by atoms with van der Waals surface area (Å²) in [5, 5.41) is 6.73. The Balaban J connectivity index is 1.54. The second kappa shape index (κ2) is 7.48. The molecule has 0 radical (unpaired) electrons. The highest BCUT2D eigenvalue weighted by Gasteiger charge is 2.27. The standard InChI is InChI=1S/C16H22N6O2/c1-11(2)22-8-3-5-12(10-22)16(23)19-9-13-20-15(21-24-13)14-17-6-4-7-18-14/h4,6-7,11-12H,3,5,8-10H2,1-2H3,(H,19,23)/t12-/m0/s1. The number of likely N-dealkylation sites (tertiary alicyclic amines) is 1. The number of carbonyl (C=O) groups is 1. The molecule has 1 saturated heterocycles. The van der Waals surface area contributed by atoms with E-state index in [2.05, 4.69) is 44.2 Å². The summed E-state index contributed by atoms with van der Waals surface area (Å²) in [5.74, 6) is 1.13. The zero-order chi connectivity index (χ0) is 16.9. The minimum Gasteiger partial charge on any atom is -0.347 e. The lowest BCUT2D eigenvalue weighted by molar-refractivity contribution is -0.127. The molecule has 1 N–H and O–H groups in total. The van der Waals surface area contributed by atoms with E-state index in [-0.39, 0.29) is 18.4 Å². The van der Waals surface area contributed by atoms with E-state index in [0.29, 0.717) is 23.6 Å². The van der Waals surface area contributed by atoms with Crippen molar-refractivity contribution in [3.63, 3.8) is 0 Å². The normalized spacial score (nSPS) is 18.7. The van der Waals surface area contributed by atoms with Gasteiger partial charge in [0.25, 0.3) is 0 Å². The number of aromatic nitrogens is 4. The van der Waals surface area contributed by atoms with Crippen molar-refractivity contribution in [1.82, 2.24) is 30.3 Å². The molecule has 1 atom stereocenters. The molecule has 2 aromatic rings. The molecule has 0 aliphatic carbocycles. The maximum absolute atomic E-state index is 12.4. The lowest BCUT2D eigenvalue weighted by Crippen LogP contribution is -2.45. The van der Waals surface area contributed by atoms with Crippen molar-refractivity contribution in [2.75, 3.05) is 13.1 Å². The first-order chi connectivity index (χ1) is 11.6. The minimum atomic E-state index is 0.0148. The van der Waals surface area contributed by atoms with Gasteiger partial charge in [-0.3, -0.25) is 4.79 Å². The summed E-state index contributed by atoms with van der Waals surface area (Å²) < 4.78 is 5.15. The van der Waals surface area contributed by atoms with Gasteiger partial charge in [0.15, 0.2) is 0 Å². The summed E-state index contributed by atoms with van der Waals surface area (Å²) in [7, 11) is 0. The van der Waals surface area contributed by atoms with Crippen LogP contribution in [0.3, 0.4) is 0 Å². The summed E-state index contributed by atoms with van der Waals surface area (Å²) in [6.07, 6.45) is 5.20. The summed E-state index contributed by atoms with van der Waals surface area (Å²) in [5.41, 5.74) is 0. The molecule has 0 bridgehead atoms. The van der Waals surface area contributed by atoms with Gasteiger partial charge in [-0.25, -0.2) is 9.97 Å². The van der Waals surface area contributed by atoms with Crippen LogP contribution >= 0.6 is 0 Å². The number of rotatable bonds is 5. The van der Waals surface area contributed by atoms with E-state index < -0.39 is 0 Å². The van der Waals surface area contributed by atoms with Crippen LogP contribution < -0.4 is 5.32 Å². The zero-order valence-corrected chi connectivity index (χ0v) is 14.0. The van der Waals surface area contributed by atoms with Gasteiger partial charge in [0.1, 0.15) is 0 Å². The Morgan fingerprint density at radius 3 is 2.92 bits per heavy atom. The van der Waals surface area contributed by atoms with Crippen LogP contribution in [0.4, 0.5) is 0 Å². The number of nitrogens with one attached hydrogen (secondary N) is 1. The number of hydrogen-bond donors (Lipinski definition) is 1. The largest absolute Gasteiger partial charge is 0.347 e. The molecule has 3 rings (SSSR count). The van der Waals surface area contributed by atoms with Crippen molar-refractivity contribution in [3.8, 4) is 11.6 Å². The van der Waals surface area contributed by atoms with E-state index in [0.717, 1.165) is 25.9 Å². The fraction of sp³-hybridized carbons (Fsp3) is 0.562. The van der Waals surface area contributed by atoms with Gasteiger partial charge in [0, 0.05) is 25.0 Å². The molecule has 0 spiro atoms. The maximum Gasteiger partial charge on any atom is 0.246 e. The lowest BCUT2D eigenvalue weighted by Gasteiger charge is -2.34. The summed E-state index contributed by atoms with van der Waals surface area (Å²) in [6, 6.07) is 2.18. The second-order valence-corrected chi connectivity index (χ2v) is 6.23. The Morgan fingerprint density at radius 1 is 1.38 bits per heavy atom. The third kappa shape index (κ3) is 3.94. The topological polar surface area (TPSA) is 97.0 Å². The van der Waals surface area contributed by atoms with Crippen LogP contribution in [-0.2, 0) is 11.3 Å². The van der Waals surface area contributed by atoms with Crippen LogP contribution in [0, 0.1) is 5.92 Å². The van der Waals surface area contributed by atoms with Crippen molar-refractivity contribution in [2.24, 2.45) is 5.92 Å². The van der Waals surface area contributed by atoms with E-state index >= 15 is 0 Å². The molecule has 0 unspecified atom stereocenters. The van der Waals surface area contributed by atoms with Crippen LogP contribution in [0.25, 0.3) is 11.6 Å². The van der Waals surface area contributed by atoms with Crippen molar-refractivity contribution in [3.05, 3.63) is 24.4 Å². The molecule has 1 aliphatic rings. The molecule has 24 heavy (non-hydrogen) atoms. The Labute approximate surface area is 140 Å². The Hall–Kier alpha value is -2.35. The molecule has 3 heterocycles. The Bertz CT molecular complexity index is 672. The lowest BCUT2D eigenvalue weighted by atomic mass is 9.96. The first-order valence-corrected chi connectivity index (χ1v) is 8.25. The molecule has 8 heteroatoms. The van der Waals surface area contributed by atoms with Crippen molar-refractivity contribution in [1.29, 1.82) is 0 Å². The average Bonchev–Trinajstić information content (AvgIpc) is 3.09. The van der Waals surface area contributed by atoms with E-state index in [4.69, 9.17) is 4.52 Å². The van der Waals surface area contributed by atoms with Crippen molar-refractivity contribution < 1.29 is 9.32 Å². The van der Waals surface area contributed by atoms with Gasteiger partial charge in [-0.1, -0.05) is 5.16 Å². The smallest absolute Gasteiger partial charge is 0.246 e. The van der Waals surface area contributed by atoms with Gasteiger partial charge < -0.3 is 14.7 Å². The van der Waals surface area contributed by atoms with Gasteiger partial charge in [0.2, 0.25) is 23.4 Å². The molecule has 0 saturated carbocycles. The fourth-order valence-electron chi connectivity index (χ4n) is 2.83. The quantitative estimate of drug-likeness (QED) is 0.881. The number of hydrogen-bond acceptors (Lipinski definition) is 7. The van der Waals surface area contributed by atoms with E-state index in [1.54, 1.807) is 18.5 Å². The van der Waals surface area contributed by atoms with Gasteiger partial charge in [-0.15, -0.1) is 0 Å². The maximum atomic E-state index is 12.4. The average molecular weight is 330 g/mol. The molecule has 1 amide bonds. The molecule has 128 valence electrons. The third-order valence-corrected chi connectivity index (χ3v) is 4.20. The first-order valence-electron chi connectivity index (χ1n) is 8.25. The number of amides is 1. The second-order valence-electron chi connectivity index (χ2n) is 6.23. The monoisotopic (exact) mass is 330 g/mol. The van der Waals surface area contributed by atoms with Gasteiger partial charge >= 0.3 is 0 Å². The predicted octanol–water partition coefficient (Wildman–Crippen LogP) is 1.26. The highest BCUT2D eigenvalue weighted by molar-refractivity contribution is 5.78. The number of piperidine rings is 1. The predicted molar refractivity (Wildman–Crippen MR) is 86.6 cm³/mol. The van der Waals surface area contributed by atoms with Crippen molar-refractivity contribution >= 4 is 5.91 Å². The summed E-state index contributed by atoms with van der Waals surface area (Å²) >= 11 is 0. The van der Waals surface area contributed by atoms with Gasteiger partial charge in [-0.2, -0.15) is 4.98 Å². The van der Waals surface area contributed by atoms with Crippen LogP contribution in [0.5, 0.6) is 0 Å². The van der Waals surface area contributed by atoms with Crippen LogP contribution in [0.2, 0.25) is 0 Å². The molecule has 0 aromatic carbocycles. The summed E-state index contributed by atoms with van der Waals surface area (Å²) in [4.78, 5) is 27.0. The minimum absolute atomic E-state index is 0.0148. The van der Waals surface area contributed by atoms with Crippen LogP contribution in [0.15, 0.2) is 23.0 Å². The number of carbonyl (C=O) groups excluding carboxylic acids is 1. The van der Waals surface area contributed by atoms with Gasteiger partial charge in [0.05, 0.1) is 12.5 Å². The highest BCUT2D eigenvalue weighted by atomic mass is 16.5. The number of nitrogens with zero attached hydrogens (tertiary/aromatic N) is 5. The van der Waals surface area contributed by atoms with E-state index in [1.807, 2.05) is 0 Å². The van der Waals surface area contributed by atoms with Crippen LogP contribution in [0.1, 0.15) is 32.6 Å². The highest BCUT2D eigenvalue weighted by Crippen LogP contribution is 2.18. The molecule has 2 aromatic heterocycles. The summed E-state index contributed by atoms with van der Waals surface area (Å²) in [6.45, 7) is 6.40. The van der Waals surface area contributed by atoms with E-state index in [9.17, 15) is 4.79 Å². The molecule has 1 fully saturated rings. The first kappa shape index (κ1) is 16.5. The molecular formula is C16H22N6O2. The SMILES string of the molecule is CC(C)N1CCC[C@H](C(=O)NCc2nc(-c3ncccn3)no2)C1. The van der Waals surface area contributed by atoms with Crippen LogP contribution in [-0.4, -0.2) is 50.0 Å². The van der Waals surface area contributed by atoms with Gasteiger partial charge in [-0.05, 0) is 39.3 Å². The molecule has 8 nitrogen and oxygen atoms in total. The van der Waals surface area contributed by atoms with E-state index in [1.165, 1.54) is 0 Å². The Morgan fingerprint density at radius 2 is 2.17 bits per heavy atom.